The van der Waals surface area contributed by atoms with E-state index in [-0.39, 0.29) is 56.4 Å². The molecule has 2 N–H and O–H groups in total. The minimum atomic E-state index is -3.40. The van der Waals surface area contributed by atoms with Gasteiger partial charge < -0.3 is 20.1 Å². The van der Waals surface area contributed by atoms with Crippen LogP contribution in [0, 0.1) is 0 Å². The second-order valence-electron chi connectivity index (χ2n) is 11.8. The topological polar surface area (TPSA) is 186 Å². The number of Topliss-reactive ketones (excluding diaryl/α,β-unsaturated/α-hetero) is 2. The third-order valence-corrected chi connectivity index (χ3v) is 10.6. The van der Waals surface area contributed by atoms with Crippen LogP contribution in [0.3, 0.4) is 0 Å². The van der Waals surface area contributed by atoms with E-state index in [0.29, 0.717) is 35.7 Å². The number of rotatable bonds is 6. The molecule has 4 heterocycles. The highest BCUT2D eigenvalue weighted by atomic mass is 32.2. The van der Waals surface area contributed by atoms with Gasteiger partial charge in [-0.15, -0.1) is 0 Å². The molecule has 0 radical (unpaired) electrons. The number of amides is 4. The number of sulfone groups is 1. The van der Waals surface area contributed by atoms with Gasteiger partial charge in [-0.25, -0.2) is 18.0 Å². The van der Waals surface area contributed by atoms with Crippen LogP contribution in [0.2, 0.25) is 0 Å². The summed E-state index contributed by atoms with van der Waals surface area (Å²) in [6.07, 6.45) is -0.732. The molecule has 14 nitrogen and oxygen atoms in total. The molecule has 264 valence electrons. The summed E-state index contributed by atoms with van der Waals surface area (Å²) >= 11 is 1.63. The van der Waals surface area contributed by atoms with Gasteiger partial charge in [0.1, 0.15) is 18.0 Å². The van der Waals surface area contributed by atoms with Crippen LogP contribution in [0.5, 0.6) is 0 Å². The van der Waals surface area contributed by atoms with Crippen LogP contribution in [0.1, 0.15) is 53.1 Å². The molecule has 0 aliphatic carbocycles. The molecule has 4 amide bonds. The SMILES string of the molecule is C.CC(=O)NC[C@H]1CN(c2ccc3c(c2)CCS(=O)(=O)CC3=O)C(=O)O1.CC(=O)NC[C@H]1CN(c2ccc3c(c2)CCSCC3=O)C(=O)O1. The Morgan fingerprint density at radius 2 is 1.29 bits per heavy atom. The van der Waals surface area contributed by atoms with E-state index in [0.717, 1.165) is 29.0 Å². The van der Waals surface area contributed by atoms with Crippen molar-refractivity contribution in [2.75, 3.05) is 59.0 Å². The normalized spacial score (nSPS) is 21.0. The molecule has 2 atom stereocenters. The zero-order chi connectivity index (χ0) is 34.6. The van der Waals surface area contributed by atoms with Crippen molar-refractivity contribution in [3.8, 4) is 0 Å². The average Bonchev–Trinajstić information content (AvgIpc) is 3.50. The molecule has 16 heteroatoms. The van der Waals surface area contributed by atoms with Crippen LogP contribution >= 0.6 is 11.8 Å². The fourth-order valence-corrected chi connectivity index (χ4v) is 7.77. The first-order valence-corrected chi connectivity index (χ1v) is 18.3. The number of thioether (sulfide) groups is 1. The molecule has 2 aromatic rings. The summed E-state index contributed by atoms with van der Waals surface area (Å²) in [5.41, 5.74) is 4.01. The highest BCUT2D eigenvalue weighted by Crippen LogP contribution is 2.29. The number of nitrogens with zero attached hydrogens (tertiary/aromatic N) is 2. The molecule has 0 saturated carbocycles. The lowest BCUT2D eigenvalue weighted by atomic mass is 10.0. The number of benzene rings is 2. The molecule has 2 saturated heterocycles. The Morgan fingerprint density at radius 3 is 1.80 bits per heavy atom. The van der Waals surface area contributed by atoms with Gasteiger partial charge in [-0.3, -0.25) is 29.0 Å². The third-order valence-electron chi connectivity index (χ3n) is 8.09. The lowest BCUT2D eigenvalue weighted by Crippen LogP contribution is -2.33. The predicted molar refractivity (Wildman–Crippen MR) is 184 cm³/mol. The molecule has 2 aromatic carbocycles. The Morgan fingerprint density at radius 1 is 0.796 bits per heavy atom. The maximum atomic E-state index is 12.1. The summed E-state index contributed by atoms with van der Waals surface area (Å²) in [6, 6.07) is 10.3. The minimum absolute atomic E-state index is 0. The quantitative estimate of drug-likeness (QED) is 0.448. The van der Waals surface area contributed by atoms with Gasteiger partial charge in [-0.1, -0.05) is 7.43 Å². The fraction of sp³-hybridized carbons (Fsp3) is 0.455. The first-order chi connectivity index (χ1) is 22.8. The zero-order valence-electron chi connectivity index (χ0n) is 26.5. The van der Waals surface area contributed by atoms with E-state index in [1.165, 1.54) is 18.7 Å². The number of nitrogens with one attached hydrogen (secondary N) is 2. The van der Waals surface area contributed by atoms with Crippen molar-refractivity contribution < 1.29 is 46.7 Å². The van der Waals surface area contributed by atoms with E-state index < -0.39 is 39.7 Å². The van der Waals surface area contributed by atoms with Gasteiger partial charge in [0.25, 0.3) is 0 Å². The van der Waals surface area contributed by atoms with Crippen LogP contribution in [0.15, 0.2) is 36.4 Å². The fourth-order valence-electron chi connectivity index (χ4n) is 5.69. The van der Waals surface area contributed by atoms with Crippen LogP contribution in [-0.4, -0.2) is 105 Å². The van der Waals surface area contributed by atoms with Crippen LogP contribution < -0.4 is 20.4 Å². The highest BCUT2D eigenvalue weighted by Gasteiger charge is 2.34. The van der Waals surface area contributed by atoms with Crippen molar-refractivity contribution >= 4 is 68.5 Å². The summed E-state index contributed by atoms with van der Waals surface area (Å²) in [5, 5.41) is 5.25. The Balaban J connectivity index is 0.000000217. The summed E-state index contributed by atoms with van der Waals surface area (Å²) in [6.45, 7) is 3.99. The number of cyclic esters (lactones) is 2. The van der Waals surface area contributed by atoms with E-state index in [1.807, 2.05) is 6.07 Å². The summed E-state index contributed by atoms with van der Waals surface area (Å²) in [5.74, 6) is 0.191. The summed E-state index contributed by atoms with van der Waals surface area (Å²) in [7, 11) is -3.40. The molecule has 49 heavy (non-hydrogen) atoms. The molecular weight excluding hydrogens is 677 g/mol. The average molecular weight is 717 g/mol. The van der Waals surface area contributed by atoms with E-state index in [9.17, 15) is 37.2 Å². The standard InChI is InChI=1S/C16H18N2O6S.C16H18N2O4S.CH4/c1-10(19)17-7-13-8-18(16(21)24-13)12-2-3-14-11(6-12)4-5-25(22,23)9-15(14)20;1-10(19)17-7-13-8-18(16(21)22-13)12-2-3-14-11(6-12)4-5-23-9-15(14)20;/h2-3,6,13H,4-5,7-9H2,1H3,(H,17,19);2-3,6,13H,4-5,7-9H2,1H3,(H,17,19);1H4/t2*13-;/m00./s1. The number of hydrogen-bond donors (Lipinski definition) is 2. The lowest BCUT2D eigenvalue weighted by molar-refractivity contribution is -0.120. The number of ketones is 2. The number of fused-ring (bicyclic) bond motifs is 2. The first-order valence-electron chi connectivity index (χ1n) is 15.3. The van der Waals surface area contributed by atoms with Crippen molar-refractivity contribution in [3.05, 3.63) is 58.7 Å². The molecule has 0 bridgehead atoms. The van der Waals surface area contributed by atoms with Gasteiger partial charge in [0, 0.05) is 36.3 Å². The number of ether oxygens (including phenoxy) is 2. The lowest BCUT2D eigenvalue weighted by Gasteiger charge is -2.15. The molecule has 0 aromatic heterocycles. The van der Waals surface area contributed by atoms with Crippen LogP contribution in [0.25, 0.3) is 0 Å². The van der Waals surface area contributed by atoms with Gasteiger partial charge >= 0.3 is 12.2 Å². The molecule has 6 rings (SSSR count). The second kappa shape index (κ2) is 15.8. The van der Waals surface area contributed by atoms with Crippen molar-refractivity contribution in [3.63, 3.8) is 0 Å². The van der Waals surface area contributed by atoms with Crippen molar-refractivity contribution in [1.82, 2.24) is 10.6 Å². The number of hydrogen-bond acceptors (Lipinski definition) is 11. The van der Waals surface area contributed by atoms with E-state index in [1.54, 1.807) is 47.0 Å². The van der Waals surface area contributed by atoms with Gasteiger partial charge in [0.15, 0.2) is 21.4 Å². The molecule has 4 aliphatic rings. The second-order valence-corrected chi connectivity index (χ2v) is 15.1. The summed E-state index contributed by atoms with van der Waals surface area (Å²) in [4.78, 5) is 73.1. The monoisotopic (exact) mass is 716 g/mol. The molecule has 2 fully saturated rings. The number of anilines is 2. The highest BCUT2D eigenvalue weighted by molar-refractivity contribution is 8.00. The third kappa shape index (κ3) is 9.38. The van der Waals surface area contributed by atoms with E-state index >= 15 is 0 Å². The van der Waals surface area contributed by atoms with Crippen LogP contribution in [-0.2, 0) is 41.7 Å². The largest absolute Gasteiger partial charge is 0.442 e. The Bertz CT molecular complexity index is 1760. The van der Waals surface area contributed by atoms with Gasteiger partial charge in [0.05, 0.1) is 37.7 Å². The van der Waals surface area contributed by atoms with Gasteiger partial charge in [-0.05, 0) is 66.1 Å². The zero-order valence-corrected chi connectivity index (χ0v) is 28.1. The number of carbonyl (C=O) groups excluding carboxylic acids is 6. The number of carbonyl (C=O) groups is 6. The van der Waals surface area contributed by atoms with Crippen LogP contribution in [0.4, 0.5) is 21.0 Å². The Hall–Kier alpha value is -4.44. The van der Waals surface area contributed by atoms with E-state index in [2.05, 4.69) is 10.6 Å². The minimum Gasteiger partial charge on any atom is -0.442 e. The smallest absolute Gasteiger partial charge is 0.414 e. The predicted octanol–water partition coefficient (Wildman–Crippen LogP) is 2.56. The van der Waals surface area contributed by atoms with Crippen molar-refractivity contribution in [2.45, 2.75) is 46.3 Å². The van der Waals surface area contributed by atoms with Gasteiger partial charge in [-0.2, -0.15) is 11.8 Å². The first kappa shape index (κ1) is 37.4. The number of aryl methyl sites for hydroxylation is 2. The van der Waals surface area contributed by atoms with Gasteiger partial charge in [0.2, 0.25) is 11.8 Å². The molecule has 0 unspecified atom stereocenters. The van der Waals surface area contributed by atoms with E-state index in [4.69, 9.17) is 9.47 Å². The molecule has 0 spiro atoms. The molecule has 4 aliphatic heterocycles. The molecular formula is C33H40N4O10S2. The Kier molecular flexibility index (Phi) is 12.1. The van der Waals surface area contributed by atoms with Crippen molar-refractivity contribution in [2.24, 2.45) is 0 Å². The van der Waals surface area contributed by atoms with Crippen molar-refractivity contribution in [1.29, 1.82) is 0 Å². The Labute approximate surface area is 289 Å². The maximum absolute atomic E-state index is 12.1. The summed E-state index contributed by atoms with van der Waals surface area (Å²) < 4.78 is 34.0. The maximum Gasteiger partial charge on any atom is 0.414 e.